The van der Waals surface area contributed by atoms with E-state index in [1.807, 2.05) is 62.4 Å². The normalized spacial score (nSPS) is 11.7. The SMILES string of the molecule is CCCNC(=O)[C@H](CC)N(CCc1ccccc1)C(=O)Cc1ccccc1Cl. The maximum Gasteiger partial charge on any atom is 0.242 e. The van der Waals surface area contributed by atoms with Crippen LogP contribution in [0.4, 0.5) is 0 Å². The van der Waals surface area contributed by atoms with E-state index in [-0.39, 0.29) is 18.2 Å². The summed E-state index contributed by atoms with van der Waals surface area (Å²) in [6.45, 7) is 5.05. The molecule has 0 heterocycles. The zero-order valence-electron chi connectivity index (χ0n) is 16.7. The summed E-state index contributed by atoms with van der Waals surface area (Å²) in [5.74, 6) is -0.174. The van der Waals surface area contributed by atoms with Crippen molar-refractivity contribution >= 4 is 23.4 Å². The summed E-state index contributed by atoms with van der Waals surface area (Å²) in [6.07, 6.45) is 2.32. The highest BCUT2D eigenvalue weighted by Crippen LogP contribution is 2.18. The third kappa shape index (κ3) is 6.38. The van der Waals surface area contributed by atoms with Crippen LogP contribution in [0.15, 0.2) is 54.6 Å². The molecule has 0 aliphatic heterocycles. The van der Waals surface area contributed by atoms with Crippen molar-refractivity contribution in [1.82, 2.24) is 10.2 Å². The van der Waals surface area contributed by atoms with Crippen LogP contribution in [0.1, 0.15) is 37.8 Å². The summed E-state index contributed by atoms with van der Waals surface area (Å²) < 4.78 is 0. The Hall–Kier alpha value is -2.33. The molecule has 5 heteroatoms. The predicted octanol–water partition coefficient (Wildman–Crippen LogP) is 4.26. The molecule has 2 aromatic carbocycles. The number of carbonyl (C=O) groups excluding carboxylic acids is 2. The van der Waals surface area contributed by atoms with E-state index in [4.69, 9.17) is 11.6 Å². The molecule has 1 atom stereocenters. The Morgan fingerprint density at radius 3 is 2.36 bits per heavy atom. The van der Waals surface area contributed by atoms with E-state index in [2.05, 4.69) is 5.32 Å². The Bertz CT molecular complexity index is 764. The average molecular weight is 401 g/mol. The van der Waals surface area contributed by atoms with Gasteiger partial charge < -0.3 is 10.2 Å². The minimum Gasteiger partial charge on any atom is -0.354 e. The van der Waals surface area contributed by atoms with E-state index in [0.717, 1.165) is 17.5 Å². The van der Waals surface area contributed by atoms with Gasteiger partial charge in [-0.2, -0.15) is 0 Å². The van der Waals surface area contributed by atoms with Crippen molar-refractivity contribution in [2.45, 2.75) is 45.6 Å². The molecule has 0 bridgehead atoms. The Labute approximate surface area is 172 Å². The van der Waals surface area contributed by atoms with Crippen LogP contribution in [0, 0.1) is 0 Å². The Balaban J connectivity index is 2.19. The van der Waals surface area contributed by atoms with E-state index in [9.17, 15) is 9.59 Å². The van der Waals surface area contributed by atoms with Crippen molar-refractivity contribution in [1.29, 1.82) is 0 Å². The molecule has 0 saturated heterocycles. The lowest BCUT2D eigenvalue weighted by Gasteiger charge is -2.31. The number of hydrogen-bond acceptors (Lipinski definition) is 2. The molecule has 0 radical (unpaired) electrons. The lowest BCUT2D eigenvalue weighted by Crippen LogP contribution is -2.50. The van der Waals surface area contributed by atoms with E-state index >= 15 is 0 Å². The van der Waals surface area contributed by atoms with Crippen molar-refractivity contribution in [2.24, 2.45) is 0 Å². The first-order valence-electron chi connectivity index (χ1n) is 9.91. The van der Waals surface area contributed by atoms with Gasteiger partial charge in [-0.1, -0.05) is 74.0 Å². The second-order valence-corrected chi connectivity index (χ2v) is 7.21. The maximum atomic E-state index is 13.2. The highest BCUT2D eigenvalue weighted by atomic mass is 35.5. The quantitative estimate of drug-likeness (QED) is 0.647. The maximum absolute atomic E-state index is 13.2. The summed E-state index contributed by atoms with van der Waals surface area (Å²) in [6, 6.07) is 16.9. The molecular formula is C23H29ClN2O2. The second-order valence-electron chi connectivity index (χ2n) is 6.81. The highest BCUT2D eigenvalue weighted by molar-refractivity contribution is 6.31. The fraction of sp³-hybridized carbons (Fsp3) is 0.391. The van der Waals surface area contributed by atoms with Gasteiger partial charge >= 0.3 is 0 Å². The summed E-state index contributed by atoms with van der Waals surface area (Å²) >= 11 is 6.24. The zero-order chi connectivity index (χ0) is 20.4. The van der Waals surface area contributed by atoms with Crippen LogP contribution in [-0.4, -0.2) is 35.8 Å². The molecule has 0 aliphatic carbocycles. The van der Waals surface area contributed by atoms with E-state index in [1.165, 1.54) is 0 Å². The fourth-order valence-electron chi connectivity index (χ4n) is 3.17. The smallest absolute Gasteiger partial charge is 0.242 e. The van der Waals surface area contributed by atoms with Gasteiger partial charge in [0.1, 0.15) is 6.04 Å². The molecular weight excluding hydrogens is 372 g/mol. The van der Waals surface area contributed by atoms with E-state index in [0.29, 0.717) is 31.0 Å². The van der Waals surface area contributed by atoms with Crippen molar-refractivity contribution in [3.63, 3.8) is 0 Å². The predicted molar refractivity (Wildman–Crippen MR) is 114 cm³/mol. The van der Waals surface area contributed by atoms with Gasteiger partial charge in [0.15, 0.2) is 0 Å². The third-order valence-corrected chi connectivity index (χ3v) is 5.09. The molecule has 2 aromatic rings. The summed E-state index contributed by atoms with van der Waals surface area (Å²) in [4.78, 5) is 27.5. The van der Waals surface area contributed by atoms with Crippen LogP contribution in [0.25, 0.3) is 0 Å². The van der Waals surface area contributed by atoms with Crippen LogP contribution >= 0.6 is 11.6 Å². The van der Waals surface area contributed by atoms with E-state index in [1.54, 1.807) is 11.0 Å². The second kappa shape index (κ2) is 11.5. The van der Waals surface area contributed by atoms with Crippen LogP contribution in [0.3, 0.4) is 0 Å². The van der Waals surface area contributed by atoms with Gasteiger partial charge in [0, 0.05) is 18.1 Å². The fourth-order valence-corrected chi connectivity index (χ4v) is 3.37. The number of amides is 2. The molecule has 0 aliphatic rings. The van der Waals surface area contributed by atoms with Crippen molar-refractivity contribution < 1.29 is 9.59 Å². The number of benzene rings is 2. The van der Waals surface area contributed by atoms with Crippen LogP contribution < -0.4 is 5.32 Å². The average Bonchev–Trinajstić information content (AvgIpc) is 2.71. The van der Waals surface area contributed by atoms with Gasteiger partial charge in [0.2, 0.25) is 11.8 Å². The molecule has 28 heavy (non-hydrogen) atoms. The van der Waals surface area contributed by atoms with Gasteiger partial charge in [-0.05, 0) is 36.5 Å². The molecule has 2 amide bonds. The lowest BCUT2D eigenvalue weighted by molar-refractivity contribution is -0.140. The van der Waals surface area contributed by atoms with E-state index < -0.39 is 6.04 Å². The van der Waals surface area contributed by atoms with Crippen LogP contribution in [-0.2, 0) is 22.4 Å². The van der Waals surface area contributed by atoms with Crippen LogP contribution in [0.2, 0.25) is 5.02 Å². The molecule has 0 unspecified atom stereocenters. The summed E-state index contributed by atoms with van der Waals surface area (Å²) in [5.41, 5.74) is 1.92. The molecule has 150 valence electrons. The zero-order valence-corrected chi connectivity index (χ0v) is 17.4. The molecule has 0 spiro atoms. The minimum absolute atomic E-state index is 0.0810. The summed E-state index contributed by atoms with van der Waals surface area (Å²) in [5, 5.41) is 3.50. The van der Waals surface area contributed by atoms with Crippen LogP contribution in [0.5, 0.6) is 0 Å². The number of hydrogen-bond donors (Lipinski definition) is 1. The number of nitrogens with one attached hydrogen (secondary N) is 1. The Morgan fingerprint density at radius 2 is 1.71 bits per heavy atom. The topological polar surface area (TPSA) is 49.4 Å². The van der Waals surface area contributed by atoms with Gasteiger partial charge in [-0.25, -0.2) is 0 Å². The number of carbonyl (C=O) groups is 2. The van der Waals surface area contributed by atoms with Crippen molar-refractivity contribution in [2.75, 3.05) is 13.1 Å². The molecule has 2 rings (SSSR count). The Morgan fingerprint density at radius 1 is 1.04 bits per heavy atom. The molecule has 4 nitrogen and oxygen atoms in total. The third-order valence-electron chi connectivity index (χ3n) is 4.72. The number of rotatable bonds is 10. The standard InChI is InChI=1S/C23H29ClN2O2/c1-3-15-25-23(28)21(4-2)26(16-14-18-10-6-5-7-11-18)22(27)17-19-12-8-9-13-20(19)24/h5-13,21H,3-4,14-17H2,1-2H3,(H,25,28)/t21-/m0/s1. The van der Waals surface area contributed by atoms with Crippen molar-refractivity contribution in [3.8, 4) is 0 Å². The highest BCUT2D eigenvalue weighted by Gasteiger charge is 2.28. The summed E-state index contributed by atoms with van der Waals surface area (Å²) in [7, 11) is 0. The number of nitrogens with zero attached hydrogens (tertiary/aromatic N) is 1. The molecule has 0 aromatic heterocycles. The van der Waals surface area contributed by atoms with Crippen molar-refractivity contribution in [3.05, 3.63) is 70.7 Å². The largest absolute Gasteiger partial charge is 0.354 e. The molecule has 1 N–H and O–H groups in total. The first-order valence-corrected chi connectivity index (χ1v) is 10.3. The number of halogens is 1. The molecule has 0 fully saturated rings. The molecule has 0 saturated carbocycles. The van der Waals surface area contributed by atoms with Gasteiger partial charge in [0.25, 0.3) is 0 Å². The van der Waals surface area contributed by atoms with Gasteiger partial charge in [-0.15, -0.1) is 0 Å². The van der Waals surface area contributed by atoms with Gasteiger partial charge in [-0.3, -0.25) is 9.59 Å². The minimum atomic E-state index is -0.481. The monoisotopic (exact) mass is 400 g/mol. The van der Waals surface area contributed by atoms with Gasteiger partial charge in [0.05, 0.1) is 6.42 Å². The Kier molecular flexibility index (Phi) is 9.02. The first kappa shape index (κ1) is 22.0. The lowest BCUT2D eigenvalue weighted by atomic mass is 10.1. The first-order chi connectivity index (χ1) is 13.6.